The smallest absolute Gasteiger partial charge is 0.346 e. The molecule has 4 rings (SSSR count). The number of carbonyl (C=O) groups is 1. The highest BCUT2D eigenvalue weighted by Gasteiger charge is 2.13. The van der Waals surface area contributed by atoms with Crippen LogP contribution in [0.2, 0.25) is 0 Å². The molecule has 0 atom stereocenters. The van der Waals surface area contributed by atoms with Crippen molar-refractivity contribution in [1.29, 1.82) is 0 Å². The predicted octanol–water partition coefficient (Wildman–Crippen LogP) is 4.32. The van der Waals surface area contributed by atoms with Gasteiger partial charge in [-0.1, -0.05) is 18.2 Å². The third-order valence-corrected chi connectivity index (χ3v) is 4.85. The van der Waals surface area contributed by atoms with Gasteiger partial charge in [-0.15, -0.1) is 0 Å². The minimum atomic E-state index is -0.454. The number of aryl methyl sites for hydroxylation is 1. The highest BCUT2D eigenvalue weighted by Crippen LogP contribution is 2.28. The number of nitrogens with zero attached hydrogens (tertiary/aromatic N) is 1. The van der Waals surface area contributed by atoms with E-state index in [1.807, 2.05) is 18.2 Å². The van der Waals surface area contributed by atoms with Crippen LogP contribution in [-0.4, -0.2) is 25.1 Å². The van der Waals surface area contributed by atoms with E-state index in [-0.39, 0.29) is 5.91 Å². The molecular formula is C24H20N2O5. The first-order valence-electron chi connectivity index (χ1n) is 9.54. The predicted molar refractivity (Wildman–Crippen MR) is 120 cm³/mol. The van der Waals surface area contributed by atoms with Crippen LogP contribution >= 0.6 is 0 Å². The summed E-state index contributed by atoms with van der Waals surface area (Å²) in [7, 11) is 3.11. The van der Waals surface area contributed by atoms with E-state index in [1.165, 1.54) is 6.08 Å². The Hall–Kier alpha value is -4.13. The summed E-state index contributed by atoms with van der Waals surface area (Å²) >= 11 is 0. The van der Waals surface area contributed by atoms with Crippen LogP contribution in [0, 0.1) is 6.92 Å². The Bertz CT molecular complexity index is 1390. The van der Waals surface area contributed by atoms with E-state index < -0.39 is 5.63 Å². The molecule has 7 heteroatoms. The summed E-state index contributed by atoms with van der Waals surface area (Å²) in [5.74, 6) is 1.18. The monoisotopic (exact) mass is 416 g/mol. The number of nitrogens with one attached hydrogen (secondary N) is 1. The van der Waals surface area contributed by atoms with Crippen molar-refractivity contribution in [3.8, 4) is 11.5 Å². The van der Waals surface area contributed by atoms with Crippen LogP contribution in [0.1, 0.15) is 11.1 Å². The van der Waals surface area contributed by atoms with Crippen molar-refractivity contribution in [2.24, 2.45) is 0 Å². The molecular weight excluding hydrogens is 396 g/mol. The van der Waals surface area contributed by atoms with Gasteiger partial charge in [-0.3, -0.25) is 4.79 Å². The Labute approximate surface area is 177 Å². The lowest BCUT2D eigenvalue weighted by molar-refractivity contribution is -0.111. The summed E-state index contributed by atoms with van der Waals surface area (Å²) in [4.78, 5) is 29.4. The molecule has 2 aromatic heterocycles. The Balaban J connectivity index is 1.64. The van der Waals surface area contributed by atoms with Crippen molar-refractivity contribution >= 4 is 39.7 Å². The largest absolute Gasteiger partial charge is 0.493 e. The molecule has 7 nitrogen and oxygen atoms in total. The number of hydrogen-bond acceptors (Lipinski definition) is 6. The zero-order chi connectivity index (χ0) is 22.0. The van der Waals surface area contributed by atoms with Gasteiger partial charge in [0.05, 0.1) is 25.1 Å². The Morgan fingerprint density at radius 2 is 1.84 bits per heavy atom. The van der Waals surface area contributed by atoms with E-state index in [4.69, 9.17) is 13.9 Å². The Morgan fingerprint density at radius 3 is 2.61 bits per heavy atom. The van der Waals surface area contributed by atoms with E-state index >= 15 is 0 Å². The topological polar surface area (TPSA) is 90.7 Å². The second-order valence-corrected chi connectivity index (χ2v) is 6.87. The fourth-order valence-corrected chi connectivity index (χ4v) is 3.39. The lowest BCUT2D eigenvalue weighted by Crippen LogP contribution is -2.11. The molecule has 0 aliphatic heterocycles. The fraction of sp³-hybridized carbons (Fsp3) is 0.125. The van der Waals surface area contributed by atoms with Crippen molar-refractivity contribution in [3.63, 3.8) is 0 Å². The van der Waals surface area contributed by atoms with Crippen LogP contribution in [-0.2, 0) is 4.79 Å². The number of hydrogen-bond donors (Lipinski definition) is 1. The van der Waals surface area contributed by atoms with Gasteiger partial charge < -0.3 is 19.2 Å². The fourth-order valence-electron chi connectivity index (χ4n) is 3.39. The average Bonchev–Trinajstić information content (AvgIpc) is 2.77. The summed E-state index contributed by atoms with van der Waals surface area (Å²) in [5, 5.41) is 3.86. The van der Waals surface area contributed by atoms with Gasteiger partial charge in [0.15, 0.2) is 11.5 Å². The molecule has 0 radical (unpaired) electrons. The van der Waals surface area contributed by atoms with E-state index in [1.54, 1.807) is 57.6 Å². The number of benzene rings is 2. The van der Waals surface area contributed by atoms with E-state index in [0.29, 0.717) is 44.8 Å². The van der Waals surface area contributed by atoms with Crippen molar-refractivity contribution in [2.75, 3.05) is 19.5 Å². The summed E-state index contributed by atoms with van der Waals surface area (Å²) in [5.41, 5.74) is 1.93. The minimum Gasteiger partial charge on any atom is -0.493 e. The summed E-state index contributed by atoms with van der Waals surface area (Å²) in [6.07, 6.45) is 3.06. The molecule has 0 unspecified atom stereocenters. The number of amides is 1. The summed E-state index contributed by atoms with van der Waals surface area (Å²) in [6.45, 7) is 1.78. The molecule has 0 saturated carbocycles. The van der Waals surface area contributed by atoms with Crippen LogP contribution in [0.5, 0.6) is 11.5 Å². The molecule has 4 aromatic rings. The highest BCUT2D eigenvalue weighted by atomic mass is 16.5. The number of pyridine rings is 1. The number of para-hydroxylation sites is 1. The third kappa shape index (κ3) is 3.98. The van der Waals surface area contributed by atoms with Gasteiger partial charge in [0, 0.05) is 11.5 Å². The molecule has 1 amide bonds. The molecule has 0 fully saturated rings. The van der Waals surface area contributed by atoms with Gasteiger partial charge in [-0.25, -0.2) is 9.78 Å². The van der Waals surface area contributed by atoms with Crippen LogP contribution in [0.25, 0.3) is 27.9 Å². The molecule has 0 aliphatic carbocycles. The highest BCUT2D eigenvalue weighted by molar-refractivity contribution is 6.05. The summed E-state index contributed by atoms with van der Waals surface area (Å²) in [6, 6.07) is 14.2. The number of ether oxygens (including phenoxy) is 2. The van der Waals surface area contributed by atoms with Crippen LogP contribution in [0.3, 0.4) is 0 Å². The molecule has 0 saturated heterocycles. The maximum atomic E-state index is 12.5. The number of methoxy groups -OCH3 is 2. The first-order chi connectivity index (χ1) is 15.0. The van der Waals surface area contributed by atoms with Gasteiger partial charge >= 0.3 is 5.63 Å². The van der Waals surface area contributed by atoms with Gasteiger partial charge in [0.2, 0.25) is 5.91 Å². The first-order valence-corrected chi connectivity index (χ1v) is 9.54. The quantitative estimate of drug-likeness (QED) is 0.296. The normalized spacial score (nSPS) is 11.2. The number of fused-ring (bicyclic) bond motifs is 3. The minimum absolute atomic E-state index is 0.350. The van der Waals surface area contributed by atoms with E-state index in [0.717, 1.165) is 5.56 Å². The average molecular weight is 416 g/mol. The third-order valence-electron chi connectivity index (χ3n) is 4.85. The lowest BCUT2D eigenvalue weighted by atomic mass is 10.1. The van der Waals surface area contributed by atoms with Gasteiger partial charge in [-0.05, 0) is 54.5 Å². The number of aromatic nitrogens is 1. The number of carbonyl (C=O) groups excluding carboxylic acids is 1. The number of anilines is 1. The van der Waals surface area contributed by atoms with E-state index in [9.17, 15) is 9.59 Å². The van der Waals surface area contributed by atoms with Gasteiger partial charge in [-0.2, -0.15) is 0 Å². The number of rotatable bonds is 5. The molecule has 156 valence electrons. The van der Waals surface area contributed by atoms with E-state index in [2.05, 4.69) is 10.3 Å². The van der Waals surface area contributed by atoms with Crippen molar-refractivity contribution in [2.45, 2.75) is 6.92 Å². The Kier molecular flexibility index (Phi) is 5.41. The van der Waals surface area contributed by atoms with Crippen LogP contribution in [0.4, 0.5) is 5.82 Å². The van der Waals surface area contributed by atoms with Gasteiger partial charge in [0.1, 0.15) is 11.4 Å². The zero-order valence-electron chi connectivity index (χ0n) is 17.3. The molecule has 31 heavy (non-hydrogen) atoms. The molecule has 1 N–H and O–H groups in total. The second-order valence-electron chi connectivity index (χ2n) is 6.87. The maximum Gasteiger partial charge on any atom is 0.346 e. The van der Waals surface area contributed by atoms with Gasteiger partial charge in [0.25, 0.3) is 0 Å². The molecule has 2 aromatic carbocycles. The van der Waals surface area contributed by atoms with Crippen LogP contribution < -0.4 is 20.4 Å². The molecule has 0 bridgehead atoms. The van der Waals surface area contributed by atoms with Crippen molar-refractivity contribution in [1.82, 2.24) is 4.98 Å². The Morgan fingerprint density at radius 1 is 1.06 bits per heavy atom. The SMILES string of the molecule is COc1ccc(C=CC(=O)Nc2cc(C)c3c(=O)oc4ccccc4c3n2)cc1OC. The standard InChI is InChI=1S/C24H20N2O5/c1-14-12-20(26-23-16-6-4-5-7-17(16)31-24(28)22(14)23)25-21(27)11-9-15-8-10-18(29-2)19(13-15)30-3/h4-13H,1-3H3,(H,25,26,27). The van der Waals surface area contributed by atoms with Crippen molar-refractivity contribution < 1.29 is 18.7 Å². The van der Waals surface area contributed by atoms with Crippen molar-refractivity contribution in [3.05, 3.63) is 76.2 Å². The van der Waals surface area contributed by atoms with Crippen LogP contribution in [0.15, 0.2) is 63.8 Å². The maximum absolute atomic E-state index is 12.5. The zero-order valence-corrected chi connectivity index (χ0v) is 17.3. The molecule has 0 aliphatic rings. The lowest BCUT2D eigenvalue weighted by Gasteiger charge is -2.08. The molecule has 2 heterocycles. The first kappa shape index (κ1) is 20.2. The summed E-state index contributed by atoms with van der Waals surface area (Å²) < 4.78 is 15.9. The molecule has 0 spiro atoms. The second kappa shape index (κ2) is 8.31.